The van der Waals surface area contributed by atoms with Gasteiger partial charge in [-0.25, -0.2) is 8.42 Å². The van der Waals surface area contributed by atoms with Gasteiger partial charge in [0.25, 0.3) is 0 Å². The number of thiocarbonyl (C=S) groups is 1. The maximum Gasteiger partial charge on any atom is 0.169 e. The second-order valence-corrected chi connectivity index (χ2v) is 9.20. The van der Waals surface area contributed by atoms with Gasteiger partial charge in [0.05, 0.1) is 0 Å². The van der Waals surface area contributed by atoms with Crippen molar-refractivity contribution in [2.75, 3.05) is 29.2 Å². The smallest absolute Gasteiger partial charge is 0.169 e. The van der Waals surface area contributed by atoms with Crippen LogP contribution in [0.1, 0.15) is 5.56 Å². The van der Waals surface area contributed by atoms with Gasteiger partial charge in [0.2, 0.25) is 0 Å². The average Bonchev–Trinajstić information content (AvgIpc) is 2.37. The fourth-order valence-corrected chi connectivity index (χ4v) is 5.96. The Morgan fingerprint density at radius 3 is 2.85 bits per heavy atom. The van der Waals surface area contributed by atoms with E-state index in [0.29, 0.717) is 17.9 Å². The zero-order valence-corrected chi connectivity index (χ0v) is 14.9. The molecule has 1 saturated heterocycles. The third kappa shape index (κ3) is 3.29. The molecular formula is C12H15BrN2O2S3. The fourth-order valence-electron chi connectivity index (χ4n) is 2.21. The van der Waals surface area contributed by atoms with Crippen LogP contribution in [0.3, 0.4) is 0 Å². The predicted molar refractivity (Wildman–Crippen MR) is 93.3 cm³/mol. The highest BCUT2D eigenvalue weighted by Gasteiger charge is 2.32. The maximum atomic E-state index is 12.0. The van der Waals surface area contributed by atoms with Gasteiger partial charge in [0.1, 0.15) is 10.4 Å². The van der Waals surface area contributed by atoms with Crippen LogP contribution in [0.5, 0.6) is 0 Å². The summed E-state index contributed by atoms with van der Waals surface area (Å²) in [5, 5.41) is -0.538. The first-order valence-corrected chi connectivity index (χ1v) is 10.2. The van der Waals surface area contributed by atoms with Crippen LogP contribution < -0.4 is 10.6 Å². The molecule has 0 bridgehead atoms. The molecule has 2 N–H and O–H groups in total. The summed E-state index contributed by atoms with van der Waals surface area (Å²) in [6.45, 7) is 0.661. The third-order valence-corrected chi connectivity index (χ3v) is 6.63. The van der Waals surface area contributed by atoms with Crippen LogP contribution in [0.4, 0.5) is 5.69 Å². The number of benzene rings is 1. The lowest BCUT2D eigenvalue weighted by molar-refractivity contribution is 0.584. The van der Waals surface area contributed by atoms with Crippen LogP contribution in [-0.2, 0) is 9.84 Å². The summed E-state index contributed by atoms with van der Waals surface area (Å²) >= 11 is 10.2. The molecule has 0 spiro atoms. The van der Waals surface area contributed by atoms with Crippen molar-refractivity contribution in [3.8, 4) is 0 Å². The number of hydrogen-bond donors (Lipinski definition) is 1. The van der Waals surface area contributed by atoms with Crippen molar-refractivity contribution in [3.63, 3.8) is 0 Å². The molecular weight excluding hydrogens is 380 g/mol. The van der Waals surface area contributed by atoms with Gasteiger partial charge in [-0.05, 0) is 28.1 Å². The first-order chi connectivity index (χ1) is 9.32. The van der Waals surface area contributed by atoms with Crippen molar-refractivity contribution in [2.45, 2.75) is 5.37 Å². The minimum Gasteiger partial charge on any atom is -0.389 e. The lowest BCUT2D eigenvalue weighted by atomic mass is 10.1. The molecule has 0 radical (unpaired) electrons. The minimum atomic E-state index is -3.17. The van der Waals surface area contributed by atoms with Crippen molar-refractivity contribution in [1.82, 2.24) is 0 Å². The Bertz CT molecular complexity index is 634. The van der Waals surface area contributed by atoms with Gasteiger partial charge in [-0.15, -0.1) is 0 Å². The monoisotopic (exact) mass is 394 g/mol. The number of halogens is 1. The number of hydrogen-bond acceptors (Lipinski definition) is 5. The van der Waals surface area contributed by atoms with E-state index in [1.807, 2.05) is 23.1 Å². The van der Waals surface area contributed by atoms with E-state index in [2.05, 4.69) is 15.9 Å². The number of nitrogens with zero attached hydrogens (tertiary/aromatic N) is 1. The molecule has 1 aromatic carbocycles. The SMILES string of the molecule is CS(=O)(=O)C1CSCCN1c1cccc(Br)c1C(N)=S. The summed E-state index contributed by atoms with van der Waals surface area (Å²) < 4.78 is 24.8. The Kier molecular flexibility index (Phi) is 4.99. The maximum absolute atomic E-state index is 12.0. The Hall–Kier alpha value is -0.310. The highest BCUT2D eigenvalue weighted by atomic mass is 79.9. The van der Waals surface area contributed by atoms with E-state index in [-0.39, 0.29) is 4.99 Å². The summed E-state index contributed by atoms with van der Waals surface area (Å²) in [4.78, 5) is 2.16. The van der Waals surface area contributed by atoms with Crippen molar-refractivity contribution < 1.29 is 8.42 Å². The molecule has 4 nitrogen and oxygen atoms in total. The lowest BCUT2D eigenvalue weighted by Gasteiger charge is -2.37. The number of thioether (sulfide) groups is 1. The van der Waals surface area contributed by atoms with Crippen molar-refractivity contribution >= 4 is 60.4 Å². The highest BCUT2D eigenvalue weighted by Crippen LogP contribution is 2.33. The van der Waals surface area contributed by atoms with Crippen LogP contribution in [0.25, 0.3) is 0 Å². The van der Waals surface area contributed by atoms with E-state index in [4.69, 9.17) is 18.0 Å². The van der Waals surface area contributed by atoms with Gasteiger partial charge in [-0.2, -0.15) is 11.8 Å². The molecule has 110 valence electrons. The van der Waals surface area contributed by atoms with E-state index in [9.17, 15) is 8.42 Å². The Balaban J connectivity index is 2.54. The number of nitrogens with two attached hydrogens (primary N) is 1. The summed E-state index contributed by atoms with van der Waals surface area (Å²) in [5.74, 6) is 1.44. The molecule has 1 fully saturated rings. The molecule has 1 aliphatic rings. The lowest BCUT2D eigenvalue weighted by Crippen LogP contribution is -2.47. The second-order valence-electron chi connectivity index (χ2n) is 4.55. The van der Waals surface area contributed by atoms with Gasteiger partial charge >= 0.3 is 0 Å². The summed E-state index contributed by atoms with van der Waals surface area (Å²) in [5.41, 5.74) is 7.27. The molecule has 0 aliphatic carbocycles. The fraction of sp³-hybridized carbons (Fsp3) is 0.417. The van der Waals surface area contributed by atoms with Gasteiger partial charge < -0.3 is 10.6 Å². The molecule has 8 heteroatoms. The largest absolute Gasteiger partial charge is 0.389 e. The van der Waals surface area contributed by atoms with Crippen LogP contribution in [0, 0.1) is 0 Å². The molecule has 0 saturated carbocycles. The van der Waals surface area contributed by atoms with Crippen LogP contribution in [0.2, 0.25) is 0 Å². The van der Waals surface area contributed by atoms with Gasteiger partial charge in [0.15, 0.2) is 9.84 Å². The molecule has 1 heterocycles. The standard InChI is InChI=1S/C12H15BrN2O2S3/c1-20(16,17)10-7-19-6-5-15(10)9-4-2-3-8(13)11(9)12(14)18/h2-4,10H,5-7H2,1H3,(H2,14,18). The van der Waals surface area contributed by atoms with Crippen LogP contribution in [-0.4, -0.2) is 43.1 Å². The summed E-state index contributed by atoms with van der Waals surface area (Å²) in [6, 6.07) is 5.59. The molecule has 1 atom stereocenters. The average molecular weight is 395 g/mol. The van der Waals surface area contributed by atoms with Crippen LogP contribution >= 0.6 is 39.9 Å². The van der Waals surface area contributed by atoms with E-state index >= 15 is 0 Å². The molecule has 2 rings (SSSR count). The Morgan fingerprint density at radius 2 is 2.25 bits per heavy atom. The topological polar surface area (TPSA) is 63.4 Å². The summed E-state index contributed by atoms with van der Waals surface area (Å²) in [7, 11) is -3.17. The molecule has 1 aromatic rings. The predicted octanol–water partition coefficient (Wildman–Crippen LogP) is 2.01. The van der Waals surface area contributed by atoms with Crippen molar-refractivity contribution in [3.05, 3.63) is 28.2 Å². The highest BCUT2D eigenvalue weighted by molar-refractivity contribution is 9.10. The van der Waals surface area contributed by atoms with E-state index in [1.165, 1.54) is 6.26 Å². The first kappa shape index (κ1) is 16.1. The number of sulfone groups is 1. The normalized spacial score (nSPS) is 19.9. The van der Waals surface area contributed by atoms with Gasteiger partial charge in [0, 0.05) is 40.0 Å². The minimum absolute atomic E-state index is 0.262. The van der Waals surface area contributed by atoms with Crippen molar-refractivity contribution in [2.24, 2.45) is 5.73 Å². The quantitative estimate of drug-likeness (QED) is 0.790. The molecule has 1 aliphatic heterocycles. The summed E-state index contributed by atoms with van der Waals surface area (Å²) in [6.07, 6.45) is 1.27. The van der Waals surface area contributed by atoms with Gasteiger partial charge in [-0.3, -0.25) is 0 Å². The zero-order chi connectivity index (χ0) is 14.9. The molecule has 0 amide bonds. The van der Waals surface area contributed by atoms with E-state index < -0.39 is 15.2 Å². The van der Waals surface area contributed by atoms with Crippen molar-refractivity contribution in [1.29, 1.82) is 0 Å². The molecule has 1 unspecified atom stereocenters. The molecule has 0 aromatic heterocycles. The number of rotatable bonds is 3. The Morgan fingerprint density at radius 1 is 1.55 bits per heavy atom. The first-order valence-electron chi connectivity index (χ1n) is 5.94. The van der Waals surface area contributed by atoms with E-state index in [0.717, 1.165) is 15.9 Å². The Labute approximate surface area is 137 Å². The second kappa shape index (κ2) is 6.21. The van der Waals surface area contributed by atoms with E-state index in [1.54, 1.807) is 11.8 Å². The zero-order valence-electron chi connectivity index (χ0n) is 10.9. The van der Waals surface area contributed by atoms with Gasteiger partial charge in [-0.1, -0.05) is 18.3 Å². The number of anilines is 1. The third-order valence-electron chi connectivity index (χ3n) is 3.13. The van der Waals surface area contributed by atoms with Crippen LogP contribution in [0.15, 0.2) is 22.7 Å². The molecule has 20 heavy (non-hydrogen) atoms.